The van der Waals surface area contributed by atoms with Crippen LogP contribution in [-0.4, -0.2) is 30.2 Å². The van der Waals surface area contributed by atoms with E-state index in [1.54, 1.807) is 24.3 Å². The van der Waals surface area contributed by atoms with E-state index in [1.165, 1.54) is 36.7 Å². The second kappa shape index (κ2) is 9.45. The highest BCUT2D eigenvalue weighted by Gasteiger charge is 2.46. The molecule has 1 amide bonds. The molecule has 0 saturated heterocycles. The molecule has 1 aliphatic heterocycles. The summed E-state index contributed by atoms with van der Waals surface area (Å²) < 4.78 is 31.6. The molecule has 3 heterocycles. The predicted molar refractivity (Wildman–Crippen MR) is 137 cm³/mol. The zero-order valence-electron chi connectivity index (χ0n) is 19.9. The maximum absolute atomic E-state index is 13.3. The van der Waals surface area contributed by atoms with Crippen molar-refractivity contribution in [3.05, 3.63) is 107 Å². The molecule has 188 valence electrons. The van der Waals surface area contributed by atoms with E-state index < -0.39 is 33.3 Å². The zero-order chi connectivity index (χ0) is 26.3. The third-order valence-corrected chi connectivity index (χ3v) is 9.40. The lowest BCUT2D eigenvalue weighted by molar-refractivity contribution is -0.117. The summed E-state index contributed by atoms with van der Waals surface area (Å²) in [7, 11) is -3.89. The Morgan fingerprint density at radius 3 is 2.43 bits per heavy atom. The third-order valence-electron chi connectivity index (χ3n) is 6.18. The maximum Gasteiger partial charge on any atom is 0.296 e. The van der Waals surface area contributed by atoms with Crippen LogP contribution in [-0.2, 0) is 21.1 Å². The number of benzene rings is 2. The summed E-state index contributed by atoms with van der Waals surface area (Å²) in [6.07, 6.45) is 3.30. The van der Waals surface area contributed by atoms with E-state index in [2.05, 4.69) is 4.98 Å². The maximum atomic E-state index is 13.3. The second-order valence-electron chi connectivity index (χ2n) is 8.52. The largest absolute Gasteiger partial charge is 0.503 e. The standard InChI is InChI=1S/C27H22N2O6S2/c1-3-17-8-10-18(11-9-17)23-22(24(30)20-5-4-14-35-20)25(31)26(32)29(23)27-28-15-21(36-27)37(33,34)19-12-6-16(2)7-13-19/h4-15,23,31H,3H2,1-2H3. The molecule has 2 aromatic heterocycles. The molecule has 0 spiro atoms. The van der Waals surface area contributed by atoms with Crippen molar-refractivity contribution >= 4 is 38.0 Å². The number of aliphatic hydroxyl groups excluding tert-OH is 1. The van der Waals surface area contributed by atoms with Crippen LogP contribution in [0.3, 0.4) is 0 Å². The van der Waals surface area contributed by atoms with Crippen molar-refractivity contribution in [1.82, 2.24) is 4.98 Å². The Morgan fingerprint density at radius 1 is 1.11 bits per heavy atom. The first-order chi connectivity index (χ1) is 17.7. The number of anilines is 1. The number of carbonyl (C=O) groups excluding carboxylic acids is 2. The first-order valence-electron chi connectivity index (χ1n) is 11.4. The molecule has 1 atom stereocenters. The van der Waals surface area contributed by atoms with Gasteiger partial charge in [-0.3, -0.25) is 14.5 Å². The minimum absolute atomic E-state index is 0.0341. The smallest absolute Gasteiger partial charge is 0.296 e. The minimum Gasteiger partial charge on any atom is -0.503 e. The van der Waals surface area contributed by atoms with Crippen LogP contribution < -0.4 is 4.90 Å². The van der Waals surface area contributed by atoms with Gasteiger partial charge < -0.3 is 9.52 Å². The van der Waals surface area contributed by atoms with Gasteiger partial charge in [0.2, 0.25) is 15.6 Å². The molecule has 0 aliphatic carbocycles. The summed E-state index contributed by atoms with van der Waals surface area (Å²) in [6.45, 7) is 3.86. The Bertz CT molecular complexity index is 1620. The summed E-state index contributed by atoms with van der Waals surface area (Å²) in [5, 5.41) is 10.9. The summed E-state index contributed by atoms with van der Waals surface area (Å²) in [5.74, 6) is -2.27. The number of hydrogen-bond acceptors (Lipinski definition) is 8. The van der Waals surface area contributed by atoms with E-state index in [-0.39, 0.29) is 25.6 Å². The number of furan rings is 1. The van der Waals surface area contributed by atoms with Crippen molar-refractivity contribution < 1.29 is 27.5 Å². The summed E-state index contributed by atoms with van der Waals surface area (Å²) in [5.41, 5.74) is 2.36. The van der Waals surface area contributed by atoms with Crippen LogP contribution in [0.2, 0.25) is 0 Å². The normalized spacial score (nSPS) is 16.0. The van der Waals surface area contributed by atoms with Gasteiger partial charge in [-0.05, 0) is 48.7 Å². The van der Waals surface area contributed by atoms with Gasteiger partial charge in [0.1, 0.15) is 4.21 Å². The lowest BCUT2D eigenvalue weighted by atomic mass is 9.94. The van der Waals surface area contributed by atoms with E-state index in [4.69, 9.17) is 4.42 Å². The Morgan fingerprint density at radius 2 is 1.81 bits per heavy atom. The highest BCUT2D eigenvalue weighted by atomic mass is 32.2. The molecule has 0 fully saturated rings. The molecule has 1 unspecified atom stereocenters. The summed E-state index contributed by atoms with van der Waals surface area (Å²) in [4.78, 5) is 32.1. The number of ketones is 1. The summed E-state index contributed by atoms with van der Waals surface area (Å²) in [6, 6.07) is 15.7. The first kappa shape index (κ1) is 24.7. The number of aryl methyl sites for hydroxylation is 2. The lowest BCUT2D eigenvalue weighted by Crippen LogP contribution is -2.30. The number of thiazole rings is 1. The molecule has 2 aromatic carbocycles. The van der Waals surface area contributed by atoms with Crippen molar-refractivity contribution in [2.75, 3.05) is 4.90 Å². The quantitative estimate of drug-likeness (QED) is 0.323. The number of hydrogen-bond donors (Lipinski definition) is 1. The second-order valence-corrected chi connectivity index (χ2v) is 11.7. The number of aromatic nitrogens is 1. The van der Waals surface area contributed by atoms with E-state index in [1.807, 2.05) is 26.0 Å². The molecular weight excluding hydrogens is 512 g/mol. The van der Waals surface area contributed by atoms with Gasteiger partial charge in [-0.15, -0.1) is 0 Å². The monoisotopic (exact) mass is 534 g/mol. The van der Waals surface area contributed by atoms with Gasteiger partial charge in [0.05, 0.1) is 29.0 Å². The van der Waals surface area contributed by atoms with Crippen LogP contribution in [0.1, 0.15) is 40.2 Å². The number of nitrogens with zero attached hydrogens (tertiary/aromatic N) is 2. The average molecular weight is 535 g/mol. The number of rotatable bonds is 7. The van der Waals surface area contributed by atoms with Crippen LogP contribution in [0.15, 0.2) is 98.0 Å². The van der Waals surface area contributed by atoms with E-state index in [9.17, 15) is 23.1 Å². The summed E-state index contributed by atoms with van der Waals surface area (Å²) >= 11 is 0.793. The van der Waals surface area contributed by atoms with Crippen molar-refractivity contribution in [3.8, 4) is 0 Å². The predicted octanol–water partition coefficient (Wildman–Crippen LogP) is 5.22. The van der Waals surface area contributed by atoms with Crippen molar-refractivity contribution in [1.29, 1.82) is 0 Å². The fourth-order valence-corrected chi connectivity index (χ4v) is 6.69. The third kappa shape index (κ3) is 4.28. The molecule has 8 nitrogen and oxygen atoms in total. The molecule has 1 N–H and O–H groups in total. The van der Waals surface area contributed by atoms with Crippen LogP contribution in [0, 0.1) is 6.92 Å². The molecular formula is C27H22N2O6S2. The topological polar surface area (TPSA) is 118 Å². The van der Waals surface area contributed by atoms with Gasteiger partial charge in [-0.25, -0.2) is 13.4 Å². The highest BCUT2D eigenvalue weighted by molar-refractivity contribution is 7.93. The van der Waals surface area contributed by atoms with Crippen LogP contribution >= 0.6 is 11.3 Å². The van der Waals surface area contributed by atoms with Gasteiger partial charge in [-0.1, -0.05) is 60.2 Å². The molecule has 5 rings (SSSR count). The van der Waals surface area contributed by atoms with Crippen molar-refractivity contribution in [3.63, 3.8) is 0 Å². The molecule has 0 bridgehead atoms. The van der Waals surface area contributed by atoms with E-state index >= 15 is 0 Å². The fourth-order valence-electron chi connectivity index (χ4n) is 4.15. The first-order valence-corrected chi connectivity index (χ1v) is 13.7. The van der Waals surface area contributed by atoms with E-state index in [0.29, 0.717) is 5.56 Å². The number of carbonyl (C=O) groups is 2. The van der Waals surface area contributed by atoms with E-state index in [0.717, 1.165) is 33.8 Å². The Kier molecular flexibility index (Phi) is 6.30. The fraction of sp³-hybridized carbons (Fsp3) is 0.148. The van der Waals surface area contributed by atoms with Crippen molar-refractivity contribution in [2.45, 2.75) is 35.4 Å². The van der Waals surface area contributed by atoms with Gasteiger partial charge in [0.25, 0.3) is 5.91 Å². The Balaban J connectivity index is 1.60. The Hall–Kier alpha value is -4.02. The molecule has 10 heteroatoms. The van der Waals surface area contributed by atoms with Crippen LogP contribution in [0.5, 0.6) is 0 Å². The van der Waals surface area contributed by atoms with Gasteiger partial charge in [0.15, 0.2) is 16.7 Å². The SMILES string of the molecule is CCc1ccc(C2C(C(=O)c3ccco3)=C(O)C(=O)N2c2ncc(S(=O)(=O)c3ccc(C)cc3)s2)cc1. The average Bonchev–Trinajstić information content (AvgIpc) is 3.65. The van der Waals surface area contributed by atoms with Crippen LogP contribution in [0.25, 0.3) is 0 Å². The van der Waals surface area contributed by atoms with Gasteiger partial charge in [0, 0.05) is 0 Å². The minimum atomic E-state index is -3.89. The van der Waals surface area contributed by atoms with Gasteiger partial charge >= 0.3 is 0 Å². The lowest BCUT2D eigenvalue weighted by Gasteiger charge is -2.24. The van der Waals surface area contributed by atoms with Gasteiger partial charge in [-0.2, -0.15) is 0 Å². The van der Waals surface area contributed by atoms with Crippen molar-refractivity contribution in [2.24, 2.45) is 0 Å². The molecule has 37 heavy (non-hydrogen) atoms. The zero-order valence-corrected chi connectivity index (χ0v) is 21.5. The number of amides is 1. The molecule has 1 aliphatic rings. The van der Waals surface area contributed by atoms with Crippen LogP contribution in [0.4, 0.5) is 5.13 Å². The number of sulfone groups is 1. The molecule has 0 radical (unpaired) electrons. The Labute approximate surface area is 217 Å². The molecule has 0 saturated carbocycles. The highest BCUT2D eigenvalue weighted by Crippen LogP contribution is 2.44. The number of aliphatic hydroxyl groups is 1. The number of Topliss-reactive ketones (excluding diaryl/α,β-unsaturated/α-hetero) is 1. The molecule has 4 aromatic rings.